The topological polar surface area (TPSA) is 67.2 Å². The van der Waals surface area contributed by atoms with E-state index in [1.54, 1.807) is 12.1 Å². The van der Waals surface area contributed by atoms with Crippen molar-refractivity contribution in [3.63, 3.8) is 0 Å². The molecule has 5 heteroatoms. The Hall–Kier alpha value is -1.20. The van der Waals surface area contributed by atoms with Gasteiger partial charge in [0.05, 0.1) is 17.8 Å². The van der Waals surface area contributed by atoms with Crippen molar-refractivity contribution in [1.82, 2.24) is 15.1 Å². The minimum absolute atomic E-state index is 0.128. The zero-order chi connectivity index (χ0) is 15.0. The molecule has 1 aromatic heterocycles. The van der Waals surface area contributed by atoms with Crippen LogP contribution < -0.4 is 10.9 Å². The molecule has 3 heterocycles. The number of aliphatic hydroxyl groups is 1. The second-order valence-electron chi connectivity index (χ2n) is 7.03. The molecule has 2 saturated heterocycles. The third-order valence-electron chi connectivity index (χ3n) is 4.75. The average Bonchev–Trinajstić information content (AvgIpc) is 2.40. The van der Waals surface area contributed by atoms with Gasteiger partial charge in [-0.2, -0.15) is 5.10 Å². The zero-order valence-electron chi connectivity index (χ0n) is 12.9. The summed E-state index contributed by atoms with van der Waals surface area (Å²) in [6.07, 6.45) is 4.90. The van der Waals surface area contributed by atoms with Gasteiger partial charge in [-0.05, 0) is 37.7 Å². The average molecular weight is 291 g/mol. The van der Waals surface area contributed by atoms with Crippen molar-refractivity contribution in [2.24, 2.45) is 0 Å². The summed E-state index contributed by atoms with van der Waals surface area (Å²) in [5.41, 5.74) is -0.0446. The van der Waals surface area contributed by atoms with Gasteiger partial charge in [0.2, 0.25) is 0 Å². The Morgan fingerprint density at radius 2 is 2.05 bits per heavy atom. The summed E-state index contributed by atoms with van der Waals surface area (Å²) >= 11 is 0. The number of aromatic nitrogens is 2. The predicted molar refractivity (Wildman–Crippen MR) is 81.3 cm³/mol. The van der Waals surface area contributed by atoms with Gasteiger partial charge in [-0.3, -0.25) is 4.79 Å². The van der Waals surface area contributed by atoms with Crippen LogP contribution in [0.1, 0.15) is 57.6 Å². The Morgan fingerprint density at radius 3 is 2.67 bits per heavy atom. The summed E-state index contributed by atoms with van der Waals surface area (Å²) < 4.78 is 1.45. The number of hydrogen-bond donors (Lipinski definition) is 2. The summed E-state index contributed by atoms with van der Waals surface area (Å²) in [6.45, 7) is 4.42. The van der Waals surface area contributed by atoms with E-state index in [1.165, 1.54) is 11.1 Å². The van der Waals surface area contributed by atoms with Gasteiger partial charge in [-0.15, -0.1) is 0 Å². The Labute approximate surface area is 125 Å². The van der Waals surface area contributed by atoms with Crippen LogP contribution >= 0.6 is 0 Å². The zero-order valence-corrected chi connectivity index (χ0v) is 12.9. The van der Waals surface area contributed by atoms with Crippen LogP contribution in [0.2, 0.25) is 0 Å². The van der Waals surface area contributed by atoms with E-state index in [2.05, 4.69) is 24.3 Å². The molecule has 0 amide bonds. The molecule has 2 aliphatic heterocycles. The smallest absolute Gasteiger partial charge is 0.266 e. The molecule has 116 valence electrons. The molecular weight excluding hydrogens is 266 g/mol. The van der Waals surface area contributed by atoms with Gasteiger partial charge >= 0.3 is 0 Å². The highest BCUT2D eigenvalue weighted by Gasteiger charge is 2.41. The maximum atomic E-state index is 12.0. The van der Waals surface area contributed by atoms with Crippen molar-refractivity contribution in [3.05, 3.63) is 28.2 Å². The number of piperidine rings is 2. The molecule has 0 saturated carbocycles. The molecule has 1 aromatic rings. The van der Waals surface area contributed by atoms with Gasteiger partial charge in [-0.1, -0.05) is 20.3 Å². The maximum Gasteiger partial charge on any atom is 0.266 e. The first-order valence-electron chi connectivity index (χ1n) is 8.02. The number of nitrogens with one attached hydrogen (secondary N) is 1. The lowest BCUT2D eigenvalue weighted by Crippen LogP contribution is -2.57. The lowest BCUT2D eigenvalue weighted by Gasteiger charge is -2.45. The molecule has 21 heavy (non-hydrogen) atoms. The van der Waals surface area contributed by atoms with Crippen molar-refractivity contribution >= 4 is 0 Å². The van der Waals surface area contributed by atoms with Crippen LogP contribution in [0.3, 0.4) is 0 Å². The molecular formula is C16H25N3O2. The standard InChI is InChI=1S/C16H25N3O2/c1-11(2)14-6-7-15(20)19(18-14)10-16(21)8-12-4-3-5-13(9-16)17-12/h6-7,11-13,17,21H,3-5,8-10H2,1-2H3/t12-,13+,16?. The fourth-order valence-corrected chi connectivity index (χ4v) is 3.73. The van der Waals surface area contributed by atoms with Crippen molar-refractivity contribution in [2.75, 3.05) is 0 Å². The summed E-state index contributed by atoms with van der Waals surface area (Å²) in [5.74, 6) is 0.277. The highest BCUT2D eigenvalue weighted by Crippen LogP contribution is 2.33. The van der Waals surface area contributed by atoms with E-state index in [9.17, 15) is 9.90 Å². The number of fused-ring (bicyclic) bond motifs is 2. The molecule has 0 spiro atoms. The monoisotopic (exact) mass is 291 g/mol. The molecule has 1 unspecified atom stereocenters. The van der Waals surface area contributed by atoms with Gasteiger partial charge in [0.1, 0.15) is 0 Å². The lowest BCUT2D eigenvalue weighted by molar-refractivity contribution is -0.0467. The third kappa shape index (κ3) is 3.19. The Morgan fingerprint density at radius 1 is 1.38 bits per heavy atom. The molecule has 2 aliphatic rings. The van der Waals surface area contributed by atoms with Gasteiger partial charge in [-0.25, -0.2) is 4.68 Å². The first-order chi connectivity index (χ1) is 9.95. The van der Waals surface area contributed by atoms with Crippen LogP contribution in [-0.4, -0.2) is 32.6 Å². The predicted octanol–water partition coefficient (Wildman–Crippen LogP) is 1.40. The second kappa shape index (κ2) is 5.54. The first-order valence-corrected chi connectivity index (χ1v) is 8.02. The molecule has 0 radical (unpaired) electrons. The maximum absolute atomic E-state index is 12.0. The van der Waals surface area contributed by atoms with E-state index in [-0.39, 0.29) is 11.5 Å². The number of nitrogens with zero attached hydrogens (tertiary/aromatic N) is 2. The lowest BCUT2D eigenvalue weighted by atomic mass is 9.77. The summed E-state index contributed by atoms with van der Waals surface area (Å²) in [4.78, 5) is 12.0. The van der Waals surface area contributed by atoms with Gasteiger partial charge < -0.3 is 10.4 Å². The van der Waals surface area contributed by atoms with E-state index in [1.807, 2.05) is 0 Å². The molecule has 5 nitrogen and oxygen atoms in total. The van der Waals surface area contributed by atoms with Crippen molar-refractivity contribution in [2.45, 2.75) is 76.1 Å². The van der Waals surface area contributed by atoms with Crippen LogP contribution in [0.15, 0.2) is 16.9 Å². The van der Waals surface area contributed by atoms with E-state index >= 15 is 0 Å². The summed E-state index contributed by atoms with van der Waals surface area (Å²) in [7, 11) is 0. The fourth-order valence-electron chi connectivity index (χ4n) is 3.73. The minimum atomic E-state index is -0.812. The number of hydrogen-bond acceptors (Lipinski definition) is 4. The summed E-state index contributed by atoms with van der Waals surface area (Å²) in [5, 5.41) is 18.9. The van der Waals surface area contributed by atoms with Crippen LogP contribution in [-0.2, 0) is 6.54 Å². The largest absolute Gasteiger partial charge is 0.388 e. The first kappa shape index (κ1) is 14.7. The van der Waals surface area contributed by atoms with E-state index < -0.39 is 5.60 Å². The molecule has 2 N–H and O–H groups in total. The van der Waals surface area contributed by atoms with Crippen LogP contribution in [0.25, 0.3) is 0 Å². The van der Waals surface area contributed by atoms with Crippen LogP contribution in [0.5, 0.6) is 0 Å². The normalized spacial score (nSPS) is 32.4. The molecule has 0 aliphatic carbocycles. The highest BCUT2D eigenvalue weighted by molar-refractivity contribution is 5.05. The molecule has 3 atom stereocenters. The van der Waals surface area contributed by atoms with Crippen molar-refractivity contribution < 1.29 is 5.11 Å². The Balaban J connectivity index is 1.82. The molecule has 0 aromatic carbocycles. The third-order valence-corrected chi connectivity index (χ3v) is 4.75. The van der Waals surface area contributed by atoms with E-state index in [4.69, 9.17) is 0 Å². The number of rotatable bonds is 3. The van der Waals surface area contributed by atoms with Crippen molar-refractivity contribution in [1.29, 1.82) is 0 Å². The van der Waals surface area contributed by atoms with Gasteiger partial charge in [0, 0.05) is 18.2 Å². The Kier molecular flexibility index (Phi) is 3.88. The molecule has 2 fully saturated rings. The van der Waals surface area contributed by atoms with Crippen molar-refractivity contribution in [3.8, 4) is 0 Å². The Bertz CT molecular complexity index is 555. The minimum Gasteiger partial charge on any atom is -0.388 e. The molecule has 3 rings (SSSR count). The fraction of sp³-hybridized carbons (Fsp3) is 0.750. The van der Waals surface area contributed by atoms with E-state index in [0.717, 1.165) is 18.5 Å². The SMILES string of the molecule is CC(C)c1ccc(=O)n(CC2(O)C[C@H]3CCC[C@@H](C2)N3)n1. The summed E-state index contributed by atoms with van der Waals surface area (Å²) in [6, 6.07) is 4.11. The highest BCUT2D eigenvalue weighted by atomic mass is 16.3. The van der Waals surface area contributed by atoms with Gasteiger partial charge in [0.15, 0.2) is 0 Å². The van der Waals surface area contributed by atoms with Crippen LogP contribution in [0, 0.1) is 0 Å². The van der Waals surface area contributed by atoms with Gasteiger partial charge in [0.25, 0.3) is 5.56 Å². The van der Waals surface area contributed by atoms with E-state index in [0.29, 0.717) is 31.5 Å². The van der Waals surface area contributed by atoms with Crippen LogP contribution in [0.4, 0.5) is 0 Å². The molecule has 2 bridgehead atoms. The second-order valence-corrected chi connectivity index (χ2v) is 7.03. The quantitative estimate of drug-likeness (QED) is 0.883.